The maximum absolute atomic E-state index is 9.11. The lowest BCUT2D eigenvalue weighted by Gasteiger charge is -2.41. The average Bonchev–Trinajstić information content (AvgIpc) is 3.37. The highest BCUT2D eigenvalue weighted by Crippen LogP contribution is 2.47. The predicted octanol–water partition coefficient (Wildman–Crippen LogP) is 5.99. The Balaban J connectivity index is 1.70. The maximum atomic E-state index is 9.11. The molecule has 0 amide bonds. The van der Waals surface area contributed by atoms with Gasteiger partial charge < -0.3 is 18.5 Å². The number of hydrogen-bond donors (Lipinski definition) is 1. The van der Waals surface area contributed by atoms with Gasteiger partial charge in [-0.1, -0.05) is 72.8 Å². The van der Waals surface area contributed by atoms with Crippen LogP contribution in [0.25, 0.3) is 0 Å². The molecule has 1 fully saturated rings. The van der Waals surface area contributed by atoms with Crippen LogP contribution in [-0.4, -0.2) is 63.1 Å². The summed E-state index contributed by atoms with van der Waals surface area (Å²) in [6, 6.07) is 32.2. The van der Waals surface area contributed by atoms with E-state index >= 15 is 0 Å². The molecule has 1 saturated heterocycles. The number of nitriles is 1. The molecule has 43 heavy (non-hydrogen) atoms. The molecule has 7 nitrogen and oxygen atoms in total. The summed E-state index contributed by atoms with van der Waals surface area (Å²) in [5.41, 5.74) is 2.73. The number of hydrogen-bond acceptors (Lipinski definition) is 7. The Bertz CT molecular complexity index is 1240. The maximum Gasteiger partial charge on any atom is 0.259 e. The minimum absolute atomic E-state index is 0.0139. The summed E-state index contributed by atoms with van der Waals surface area (Å²) in [6.45, 7) is 9.30. The summed E-state index contributed by atoms with van der Waals surface area (Å²) in [5, 5.41) is 13.2. The molecule has 9 heteroatoms. The fourth-order valence-corrected chi connectivity index (χ4v) is 7.58. The summed E-state index contributed by atoms with van der Waals surface area (Å²) in [6.07, 6.45) is 0.953. The van der Waals surface area contributed by atoms with Gasteiger partial charge in [0.25, 0.3) is 8.53 Å². The largest absolute Gasteiger partial charge is 0.497 e. The van der Waals surface area contributed by atoms with Crippen molar-refractivity contribution in [1.29, 1.82) is 5.26 Å². The van der Waals surface area contributed by atoms with E-state index in [2.05, 4.69) is 124 Å². The summed E-state index contributed by atoms with van der Waals surface area (Å²) in [5.74, 6) is 0.812. The first-order valence-electron chi connectivity index (χ1n) is 15.2. The van der Waals surface area contributed by atoms with Gasteiger partial charge in [-0.3, -0.25) is 5.32 Å². The molecular formula is C34H45BN3O4P. The van der Waals surface area contributed by atoms with Gasteiger partial charge in [0.2, 0.25) is 0 Å². The molecule has 0 radical (unpaired) electrons. The van der Waals surface area contributed by atoms with Gasteiger partial charge in [0.15, 0.2) is 0 Å². The zero-order valence-electron chi connectivity index (χ0n) is 26.3. The number of rotatable bonds is 15. The molecule has 0 aliphatic carbocycles. The third-order valence-electron chi connectivity index (χ3n) is 7.79. The van der Waals surface area contributed by atoms with Gasteiger partial charge in [-0.25, -0.2) is 4.67 Å². The zero-order valence-corrected chi connectivity index (χ0v) is 27.2. The van der Waals surface area contributed by atoms with E-state index < -0.39 is 14.1 Å². The minimum atomic E-state index is -1.37. The predicted molar refractivity (Wildman–Crippen MR) is 176 cm³/mol. The van der Waals surface area contributed by atoms with Crippen LogP contribution >= 0.6 is 8.53 Å². The molecule has 1 aliphatic heterocycles. The molecule has 3 aromatic rings. The molecule has 0 spiro atoms. The van der Waals surface area contributed by atoms with E-state index in [9.17, 15) is 0 Å². The number of ether oxygens (including phenoxy) is 2. The van der Waals surface area contributed by atoms with Crippen molar-refractivity contribution in [2.24, 2.45) is 0 Å². The van der Waals surface area contributed by atoms with Crippen molar-refractivity contribution >= 4 is 16.4 Å². The van der Waals surface area contributed by atoms with Crippen molar-refractivity contribution in [3.63, 3.8) is 0 Å². The molecule has 4 rings (SSSR count). The molecule has 228 valence electrons. The Morgan fingerprint density at radius 3 is 2.00 bits per heavy atom. The highest BCUT2D eigenvalue weighted by atomic mass is 31.2. The van der Waals surface area contributed by atoms with Gasteiger partial charge in [0.1, 0.15) is 13.6 Å². The van der Waals surface area contributed by atoms with E-state index in [1.54, 1.807) is 7.11 Å². The van der Waals surface area contributed by atoms with E-state index in [0.29, 0.717) is 19.6 Å². The highest BCUT2D eigenvalue weighted by molar-refractivity contribution is 7.44. The fraction of sp³-hybridized carbons (Fsp3) is 0.441. The Morgan fingerprint density at radius 2 is 1.49 bits per heavy atom. The lowest BCUT2D eigenvalue weighted by atomic mass is 9.76. The molecular weight excluding hydrogens is 556 g/mol. The molecule has 1 heterocycles. The van der Waals surface area contributed by atoms with Gasteiger partial charge in [-0.2, -0.15) is 5.26 Å². The quantitative estimate of drug-likeness (QED) is 0.0994. The van der Waals surface area contributed by atoms with Crippen molar-refractivity contribution < 1.29 is 18.5 Å². The van der Waals surface area contributed by atoms with Crippen LogP contribution < -0.4 is 10.1 Å². The molecule has 3 aromatic carbocycles. The standard InChI is InChI=1S/C34H45BN3O4P/c1-25(2)38(26(3)4)43(40-22-12-21-36)41-24-32-31(23-33(35)42-32)37-34(27-13-8-6-9-14-27,28-15-10-7-11-16-28)29-17-19-30(39-5)20-18-29/h6-11,13-20,25-26,31-33,37H,12,22-24,35H2,1-5H3/t31?,32-,33-,43?/m1/s1. The first-order valence-corrected chi connectivity index (χ1v) is 16.3. The van der Waals surface area contributed by atoms with Crippen molar-refractivity contribution in [3.8, 4) is 11.8 Å². The van der Waals surface area contributed by atoms with Crippen molar-refractivity contribution in [3.05, 3.63) is 102 Å². The van der Waals surface area contributed by atoms with Crippen LogP contribution in [-0.2, 0) is 19.3 Å². The van der Waals surface area contributed by atoms with Crippen molar-refractivity contribution in [2.45, 2.75) is 76.3 Å². The van der Waals surface area contributed by atoms with Crippen LogP contribution in [0.4, 0.5) is 0 Å². The highest BCUT2D eigenvalue weighted by Gasteiger charge is 2.43. The monoisotopic (exact) mass is 601 g/mol. The van der Waals surface area contributed by atoms with Crippen LogP contribution in [0.5, 0.6) is 5.75 Å². The van der Waals surface area contributed by atoms with E-state index in [1.165, 1.54) is 0 Å². The summed E-state index contributed by atoms with van der Waals surface area (Å²) in [4.78, 5) is 0. The number of nitrogens with zero attached hydrogens (tertiary/aromatic N) is 2. The Labute approximate surface area is 259 Å². The Hall–Kier alpha value is -2.76. The van der Waals surface area contributed by atoms with Crippen LogP contribution in [0.2, 0.25) is 0 Å². The first kappa shape index (κ1) is 33.1. The SMILES string of the molecule is B[C@H]1CC(NC(c2ccccc2)(c2ccccc2)c2ccc(OC)cc2)[C@@H](COP(OCCC#N)N(C(C)C)C(C)C)O1. The van der Waals surface area contributed by atoms with Crippen LogP contribution in [0.1, 0.15) is 57.2 Å². The number of nitrogens with one attached hydrogen (secondary N) is 1. The Morgan fingerprint density at radius 1 is 0.930 bits per heavy atom. The van der Waals surface area contributed by atoms with E-state index in [-0.39, 0.29) is 30.2 Å². The van der Waals surface area contributed by atoms with Crippen LogP contribution in [0.3, 0.4) is 0 Å². The smallest absolute Gasteiger partial charge is 0.259 e. The molecule has 1 aliphatic rings. The Kier molecular flexibility index (Phi) is 12.2. The zero-order chi connectivity index (χ0) is 30.8. The van der Waals surface area contributed by atoms with Gasteiger partial charge in [0.05, 0.1) is 44.5 Å². The molecule has 0 saturated carbocycles. The average molecular weight is 602 g/mol. The second-order valence-electron chi connectivity index (χ2n) is 11.5. The lowest BCUT2D eigenvalue weighted by Crippen LogP contribution is -2.53. The topological polar surface area (TPSA) is 76.0 Å². The third kappa shape index (κ3) is 8.05. The van der Waals surface area contributed by atoms with Gasteiger partial charge >= 0.3 is 0 Å². The summed E-state index contributed by atoms with van der Waals surface area (Å²) in [7, 11) is 2.44. The number of methoxy groups -OCH3 is 1. The van der Waals surface area contributed by atoms with E-state index in [1.807, 2.05) is 12.1 Å². The number of benzene rings is 3. The minimum Gasteiger partial charge on any atom is -0.497 e. The first-order chi connectivity index (χ1) is 20.8. The van der Waals surface area contributed by atoms with Gasteiger partial charge in [-0.15, -0.1) is 0 Å². The molecule has 4 atom stereocenters. The molecule has 1 N–H and O–H groups in total. The van der Waals surface area contributed by atoms with Crippen molar-refractivity contribution in [2.75, 3.05) is 20.3 Å². The fourth-order valence-electron chi connectivity index (χ4n) is 5.96. The lowest BCUT2D eigenvalue weighted by molar-refractivity contribution is 0.0317. The molecule has 2 unspecified atom stereocenters. The summed E-state index contributed by atoms with van der Waals surface area (Å²) >= 11 is 0. The van der Waals surface area contributed by atoms with Crippen LogP contribution in [0, 0.1) is 11.3 Å². The second kappa shape index (κ2) is 15.8. The van der Waals surface area contributed by atoms with E-state index in [4.69, 9.17) is 23.8 Å². The van der Waals surface area contributed by atoms with Crippen molar-refractivity contribution in [1.82, 2.24) is 9.99 Å². The van der Waals surface area contributed by atoms with Crippen LogP contribution in [0.15, 0.2) is 84.9 Å². The normalized spacial score (nSPS) is 19.6. The molecule has 0 aromatic heterocycles. The van der Waals surface area contributed by atoms with E-state index in [0.717, 1.165) is 28.9 Å². The van der Waals surface area contributed by atoms with Gasteiger partial charge in [-0.05, 0) is 62.9 Å². The summed E-state index contributed by atoms with van der Waals surface area (Å²) < 4.78 is 27.0. The third-order valence-corrected chi connectivity index (χ3v) is 9.87. The molecule has 0 bridgehead atoms. The second-order valence-corrected chi connectivity index (χ2v) is 13.0. The van der Waals surface area contributed by atoms with Gasteiger partial charge in [0, 0.05) is 24.1 Å².